The molecule has 0 bridgehead atoms. The van der Waals surface area contributed by atoms with Gasteiger partial charge < -0.3 is 0 Å². The molecule has 17 heavy (non-hydrogen) atoms. The lowest BCUT2D eigenvalue weighted by Crippen LogP contribution is -2.18. The molecule has 0 spiro atoms. The number of benzene rings is 1. The predicted octanol–water partition coefficient (Wildman–Crippen LogP) is 4.36. The van der Waals surface area contributed by atoms with Crippen LogP contribution in [-0.2, 0) is 12.4 Å². The molecular formula is C9H2BrF6N. The van der Waals surface area contributed by atoms with E-state index in [-0.39, 0.29) is 10.5 Å². The van der Waals surface area contributed by atoms with E-state index in [2.05, 4.69) is 15.9 Å². The summed E-state index contributed by atoms with van der Waals surface area (Å²) in [5.74, 6) is 0. The predicted molar refractivity (Wildman–Crippen MR) is 48.9 cm³/mol. The fourth-order valence-corrected chi connectivity index (χ4v) is 1.64. The molecule has 0 saturated carbocycles. The van der Waals surface area contributed by atoms with Gasteiger partial charge in [0.15, 0.2) is 0 Å². The van der Waals surface area contributed by atoms with Crippen molar-refractivity contribution in [2.24, 2.45) is 0 Å². The number of nitrogens with zero attached hydrogens (tertiary/aromatic N) is 1. The van der Waals surface area contributed by atoms with E-state index in [0.717, 1.165) is 12.1 Å². The van der Waals surface area contributed by atoms with Crippen LogP contribution in [0.4, 0.5) is 26.3 Å². The van der Waals surface area contributed by atoms with Gasteiger partial charge >= 0.3 is 12.4 Å². The molecule has 0 aliphatic rings. The van der Waals surface area contributed by atoms with E-state index in [1.807, 2.05) is 0 Å². The van der Waals surface area contributed by atoms with E-state index in [4.69, 9.17) is 5.26 Å². The number of hydrogen-bond acceptors (Lipinski definition) is 1. The Labute approximate surface area is 99.8 Å². The van der Waals surface area contributed by atoms with Crippen molar-refractivity contribution in [1.82, 2.24) is 0 Å². The summed E-state index contributed by atoms with van der Waals surface area (Å²) in [6, 6.07) is 2.16. The number of hydrogen-bond donors (Lipinski definition) is 0. The van der Waals surface area contributed by atoms with Gasteiger partial charge in [0.25, 0.3) is 0 Å². The molecule has 1 nitrogen and oxygen atoms in total. The molecule has 0 amide bonds. The minimum Gasteiger partial charge on any atom is -0.192 e. The average Bonchev–Trinajstić information content (AvgIpc) is 2.13. The molecule has 1 aromatic carbocycles. The minimum absolute atomic E-state index is 0.285. The highest BCUT2D eigenvalue weighted by atomic mass is 79.9. The lowest BCUT2D eigenvalue weighted by atomic mass is 10.0. The lowest BCUT2D eigenvalue weighted by Gasteiger charge is -2.17. The summed E-state index contributed by atoms with van der Waals surface area (Å²) >= 11 is 2.61. The minimum atomic E-state index is -5.25. The van der Waals surface area contributed by atoms with Gasteiger partial charge in [-0.1, -0.05) is 0 Å². The smallest absolute Gasteiger partial charge is 0.192 e. The van der Waals surface area contributed by atoms with Crippen LogP contribution in [0.25, 0.3) is 0 Å². The van der Waals surface area contributed by atoms with Gasteiger partial charge in [-0.15, -0.1) is 0 Å². The fourth-order valence-electron chi connectivity index (χ4n) is 1.22. The van der Waals surface area contributed by atoms with E-state index in [9.17, 15) is 26.3 Å². The van der Waals surface area contributed by atoms with Gasteiger partial charge in [-0.25, -0.2) is 0 Å². The molecule has 0 atom stereocenters. The maximum Gasteiger partial charge on any atom is 0.418 e. The van der Waals surface area contributed by atoms with E-state index in [0.29, 0.717) is 0 Å². The Hall–Kier alpha value is -1.23. The van der Waals surface area contributed by atoms with Gasteiger partial charge in [-0.3, -0.25) is 0 Å². The number of halogens is 7. The zero-order valence-electron chi connectivity index (χ0n) is 7.75. The van der Waals surface area contributed by atoms with Gasteiger partial charge in [0, 0.05) is 4.47 Å². The summed E-state index contributed by atoms with van der Waals surface area (Å²) in [4.78, 5) is 0. The van der Waals surface area contributed by atoms with Crippen LogP contribution in [0.3, 0.4) is 0 Å². The summed E-state index contributed by atoms with van der Waals surface area (Å²) in [5.41, 5.74) is -4.92. The van der Waals surface area contributed by atoms with E-state index < -0.39 is 29.0 Å². The first-order chi connectivity index (χ1) is 7.59. The Morgan fingerprint density at radius 3 is 1.88 bits per heavy atom. The highest BCUT2D eigenvalue weighted by molar-refractivity contribution is 9.10. The van der Waals surface area contributed by atoms with Crippen LogP contribution in [0.15, 0.2) is 16.6 Å². The molecule has 8 heteroatoms. The first-order valence-electron chi connectivity index (χ1n) is 3.96. The third-order valence-corrected chi connectivity index (χ3v) is 2.52. The molecule has 0 unspecified atom stereocenters. The normalized spacial score (nSPS) is 12.4. The van der Waals surface area contributed by atoms with E-state index in [1.165, 1.54) is 0 Å². The van der Waals surface area contributed by atoms with Crippen molar-refractivity contribution in [2.75, 3.05) is 0 Å². The van der Waals surface area contributed by atoms with Crippen molar-refractivity contribution in [3.05, 3.63) is 33.3 Å². The van der Waals surface area contributed by atoms with Gasteiger partial charge in [-0.2, -0.15) is 31.6 Å². The third kappa shape index (κ3) is 2.72. The van der Waals surface area contributed by atoms with Crippen LogP contribution in [0.2, 0.25) is 0 Å². The van der Waals surface area contributed by atoms with Crippen molar-refractivity contribution in [3.8, 4) is 6.07 Å². The van der Waals surface area contributed by atoms with Crippen LogP contribution >= 0.6 is 15.9 Å². The van der Waals surface area contributed by atoms with Crippen molar-refractivity contribution < 1.29 is 26.3 Å². The van der Waals surface area contributed by atoms with Crippen molar-refractivity contribution in [2.45, 2.75) is 12.4 Å². The van der Waals surface area contributed by atoms with Gasteiger partial charge in [0.1, 0.15) is 6.07 Å². The van der Waals surface area contributed by atoms with E-state index in [1.54, 1.807) is 0 Å². The van der Waals surface area contributed by atoms with Crippen LogP contribution in [0, 0.1) is 11.3 Å². The summed E-state index contributed by atoms with van der Waals surface area (Å²) in [5, 5.41) is 8.51. The molecule has 0 aliphatic heterocycles. The zero-order chi connectivity index (χ0) is 13.4. The highest BCUT2D eigenvalue weighted by Gasteiger charge is 2.45. The Morgan fingerprint density at radius 1 is 1.00 bits per heavy atom. The van der Waals surface area contributed by atoms with Crippen molar-refractivity contribution in [1.29, 1.82) is 5.26 Å². The second kappa shape index (κ2) is 4.22. The Balaban J connectivity index is 3.72. The van der Waals surface area contributed by atoms with Crippen LogP contribution < -0.4 is 0 Å². The number of nitriles is 1. The maximum absolute atomic E-state index is 12.5. The average molecular weight is 318 g/mol. The van der Waals surface area contributed by atoms with Gasteiger partial charge in [-0.05, 0) is 28.1 Å². The van der Waals surface area contributed by atoms with Gasteiger partial charge in [0.05, 0.1) is 16.7 Å². The molecule has 0 saturated heterocycles. The summed E-state index contributed by atoms with van der Waals surface area (Å²) in [6.07, 6.45) is -10.4. The summed E-state index contributed by atoms with van der Waals surface area (Å²) in [6.45, 7) is 0. The highest BCUT2D eigenvalue weighted by Crippen LogP contribution is 2.43. The molecule has 0 N–H and O–H groups in total. The lowest BCUT2D eigenvalue weighted by molar-refractivity contribution is -0.162. The second-order valence-electron chi connectivity index (χ2n) is 2.95. The number of rotatable bonds is 0. The molecule has 1 aromatic rings. The first-order valence-corrected chi connectivity index (χ1v) is 4.75. The first kappa shape index (κ1) is 13.8. The van der Waals surface area contributed by atoms with E-state index >= 15 is 0 Å². The zero-order valence-corrected chi connectivity index (χ0v) is 9.33. The molecule has 0 radical (unpaired) electrons. The maximum atomic E-state index is 12.5. The summed E-state index contributed by atoms with van der Waals surface area (Å²) < 4.78 is 74.5. The topological polar surface area (TPSA) is 23.8 Å². The number of alkyl halides is 6. The molecule has 1 rings (SSSR count). The quantitative estimate of drug-likeness (QED) is 0.652. The molecular weight excluding hydrogens is 316 g/mol. The molecule has 0 fully saturated rings. The Morgan fingerprint density at radius 2 is 1.53 bits per heavy atom. The largest absolute Gasteiger partial charge is 0.418 e. The molecule has 92 valence electrons. The van der Waals surface area contributed by atoms with Crippen molar-refractivity contribution >= 4 is 15.9 Å². The third-order valence-electron chi connectivity index (χ3n) is 1.86. The monoisotopic (exact) mass is 317 g/mol. The molecule has 0 heterocycles. The second-order valence-corrected chi connectivity index (χ2v) is 3.81. The fraction of sp³-hybridized carbons (Fsp3) is 0.222. The van der Waals surface area contributed by atoms with Gasteiger partial charge in [0.2, 0.25) is 0 Å². The Kier molecular flexibility index (Phi) is 3.43. The Bertz CT molecular complexity index is 482. The molecule has 0 aromatic heterocycles. The van der Waals surface area contributed by atoms with Crippen LogP contribution in [0.5, 0.6) is 0 Å². The van der Waals surface area contributed by atoms with Crippen LogP contribution in [0.1, 0.15) is 16.7 Å². The summed E-state index contributed by atoms with van der Waals surface area (Å²) in [7, 11) is 0. The standard InChI is InChI=1S/C9H2BrF6N/c10-6-2-1-5(8(11,12)13)7(4(6)3-17)9(14,15)16/h1-2H. The van der Waals surface area contributed by atoms with Crippen LogP contribution in [-0.4, -0.2) is 0 Å². The SMILES string of the molecule is N#Cc1c(Br)ccc(C(F)(F)F)c1C(F)(F)F. The molecule has 0 aliphatic carbocycles. The van der Waals surface area contributed by atoms with Crippen molar-refractivity contribution in [3.63, 3.8) is 0 Å².